The number of aromatic nitrogens is 2. The predicted molar refractivity (Wildman–Crippen MR) is 135 cm³/mol. The Morgan fingerprint density at radius 1 is 1.32 bits per heavy atom. The molecular formula is C25H37N5O3S. The van der Waals surface area contributed by atoms with Gasteiger partial charge in [-0.3, -0.25) is 9.59 Å². The van der Waals surface area contributed by atoms with Gasteiger partial charge in [0.25, 0.3) is 5.91 Å². The van der Waals surface area contributed by atoms with Crippen molar-refractivity contribution in [3.63, 3.8) is 0 Å². The fraction of sp³-hybridized carbons (Fsp3) is 0.600. The summed E-state index contributed by atoms with van der Waals surface area (Å²) in [5.74, 6) is 0.835. The summed E-state index contributed by atoms with van der Waals surface area (Å²) in [7, 11) is 1.41. The molecule has 0 bridgehead atoms. The van der Waals surface area contributed by atoms with E-state index in [0.29, 0.717) is 49.8 Å². The average molecular weight is 488 g/mol. The molecule has 2 aromatic heterocycles. The van der Waals surface area contributed by atoms with Crippen LogP contribution in [0.15, 0.2) is 23.0 Å². The molecule has 0 saturated carbocycles. The second-order valence-electron chi connectivity index (χ2n) is 10.3. The molecule has 1 amide bonds. The monoisotopic (exact) mass is 487 g/mol. The van der Waals surface area contributed by atoms with Crippen molar-refractivity contribution in [3.8, 4) is 0 Å². The molecule has 0 aliphatic carbocycles. The zero-order valence-electron chi connectivity index (χ0n) is 21.1. The second-order valence-corrected chi connectivity index (χ2v) is 11.1. The number of nitrogens with one attached hydrogen (secondary N) is 2. The first kappa shape index (κ1) is 26.1. The highest BCUT2D eigenvalue weighted by atomic mass is 32.1. The first-order valence-corrected chi connectivity index (χ1v) is 12.8. The quantitative estimate of drug-likeness (QED) is 0.548. The van der Waals surface area contributed by atoms with Gasteiger partial charge in [-0.25, -0.2) is 9.97 Å². The summed E-state index contributed by atoms with van der Waals surface area (Å²) < 4.78 is 4.96. The molecule has 1 unspecified atom stereocenters. The molecule has 0 radical (unpaired) electrons. The lowest BCUT2D eigenvalue weighted by molar-refractivity contribution is -0.146. The number of carbonyl (C=O) groups is 2. The van der Waals surface area contributed by atoms with Gasteiger partial charge in [0, 0.05) is 43.8 Å². The van der Waals surface area contributed by atoms with Crippen LogP contribution in [0.3, 0.4) is 0 Å². The number of esters is 1. The van der Waals surface area contributed by atoms with Gasteiger partial charge in [-0.15, -0.1) is 0 Å². The van der Waals surface area contributed by atoms with Crippen molar-refractivity contribution < 1.29 is 14.3 Å². The number of thiophene rings is 1. The molecule has 3 heterocycles. The molecule has 3 rings (SSSR count). The Morgan fingerprint density at radius 2 is 2.09 bits per heavy atom. The molecule has 2 atom stereocenters. The van der Waals surface area contributed by atoms with E-state index in [1.165, 1.54) is 7.11 Å². The average Bonchev–Trinajstić information content (AvgIpc) is 3.33. The number of carbonyl (C=O) groups excluding carboxylic acids is 2. The van der Waals surface area contributed by atoms with Crippen LogP contribution in [0.25, 0.3) is 0 Å². The third kappa shape index (κ3) is 6.54. The molecule has 2 N–H and O–H groups in total. The number of piperidine rings is 1. The summed E-state index contributed by atoms with van der Waals surface area (Å²) in [6.07, 6.45) is 2.21. The largest absolute Gasteiger partial charge is 0.469 e. The number of nitrogens with zero attached hydrogens (tertiary/aromatic N) is 3. The number of rotatable bonds is 8. The van der Waals surface area contributed by atoms with Crippen molar-refractivity contribution in [2.45, 2.75) is 59.0 Å². The van der Waals surface area contributed by atoms with Crippen molar-refractivity contribution >= 4 is 29.0 Å². The van der Waals surface area contributed by atoms with Gasteiger partial charge in [0.15, 0.2) is 0 Å². The first-order valence-electron chi connectivity index (χ1n) is 11.8. The number of anilines is 1. The van der Waals surface area contributed by atoms with E-state index >= 15 is 0 Å². The van der Waals surface area contributed by atoms with E-state index in [0.717, 1.165) is 5.56 Å². The number of hydrogen-bond donors (Lipinski definition) is 2. The second kappa shape index (κ2) is 11.3. The van der Waals surface area contributed by atoms with E-state index in [1.54, 1.807) is 17.5 Å². The summed E-state index contributed by atoms with van der Waals surface area (Å²) in [4.78, 5) is 37.3. The van der Waals surface area contributed by atoms with Crippen LogP contribution < -0.4 is 10.6 Å². The van der Waals surface area contributed by atoms with Gasteiger partial charge in [0.05, 0.1) is 13.0 Å². The van der Waals surface area contributed by atoms with E-state index in [2.05, 4.69) is 61.7 Å². The van der Waals surface area contributed by atoms with E-state index in [1.807, 2.05) is 10.3 Å². The maximum Gasteiger partial charge on any atom is 0.310 e. The molecule has 0 aromatic carbocycles. The highest BCUT2D eigenvalue weighted by Crippen LogP contribution is 2.26. The van der Waals surface area contributed by atoms with Crippen LogP contribution in [0.5, 0.6) is 0 Å². The SMILES string of the molecule is COC(=O)[C@H]1CNCC(N(CC(C)C)C(=O)c2cnc(C(C)(C)C)nc2NCc2ccsc2)C1. The zero-order valence-corrected chi connectivity index (χ0v) is 21.9. The van der Waals surface area contributed by atoms with Crippen molar-refractivity contribution in [3.05, 3.63) is 40.0 Å². The summed E-state index contributed by atoms with van der Waals surface area (Å²) >= 11 is 1.63. The van der Waals surface area contributed by atoms with Crippen molar-refractivity contribution in [2.75, 3.05) is 32.1 Å². The highest BCUT2D eigenvalue weighted by molar-refractivity contribution is 7.07. The van der Waals surface area contributed by atoms with Crippen LogP contribution in [0.4, 0.5) is 5.82 Å². The smallest absolute Gasteiger partial charge is 0.310 e. The Labute approximate surface area is 206 Å². The lowest BCUT2D eigenvalue weighted by Crippen LogP contribution is -2.53. The van der Waals surface area contributed by atoms with E-state index in [-0.39, 0.29) is 35.2 Å². The van der Waals surface area contributed by atoms with Crippen molar-refractivity contribution in [1.29, 1.82) is 0 Å². The normalized spacial score (nSPS) is 18.6. The minimum Gasteiger partial charge on any atom is -0.469 e. The minimum absolute atomic E-state index is 0.125. The van der Waals surface area contributed by atoms with Gasteiger partial charge in [0.2, 0.25) is 0 Å². The first-order chi connectivity index (χ1) is 16.1. The maximum atomic E-state index is 13.9. The molecule has 1 aliphatic rings. The Morgan fingerprint density at radius 3 is 2.71 bits per heavy atom. The Hall–Kier alpha value is -2.52. The number of methoxy groups -OCH3 is 1. The Kier molecular flexibility index (Phi) is 8.65. The molecule has 1 aliphatic heterocycles. The van der Waals surface area contributed by atoms with E-state index < -0.39 is 0 Å². The van der Waals surface area contributed by atoms with Gasteiger partial charge in [-0.05, 0) is 34.7 Å². The molecule has 8 nitrogen and oxygen atoms in total. The van der Waals surface area contributed by atoms with Crippen LogP contribution >= 0.6 is 11.3 Å². The van der Waals surface area contributed by atoms with Gasteiger partial charge in [-0.2, -0.15) is 11.3 Å². The molecule has 186 valence electrons. The van der Waals surface area contributed by atoms with Gasteiger partial charge < -0.3 is 20.3 Å². The highest BCUT2D eigenvalue weighted by Gasteiger charge is 2.35. The molecular weight excluding hydrogens is 450 g/mol. The minimum atomic E-state index is -0.276. The number of hydrogen-bond acceptors (Lipinski definition) is 8. The standard InChI is InChI=1S/C25H37N5O3S/c1-16(2)14-30(19-9-18(11-26-12-19)23(32)33-6)22(31)20-13-28-24(25(3,4)5)29-21(20)27-10-17-7-8-34-15-17/h7-8,13,15-16,18-19,26H,9-12,14H2,1-6H3,(H,27,28,29)/t18-,19?/m1/s1. The Bertz CT molecular complexity index is 971. The zero-order chi connectivity index (χ0) is 24.9. The molecule has 1 fully saturated rings. The molecule has 9 heteroatoms. The van der Waals surface area contributed by atoms with Crippen LogP contribution in [0, 0.1) is 11.8 Å². The van der Waals surface area contributed by atoms with Crippen LogP contribution in [0.2, 0.25) is 0 Å². The summed E-state index contributed by atoms with van der Waals surface area (Å²) in [5.41, 5.74) is 1.33. The van der Waals surface area contributed by atoms with E-state index in [4.69, 9.17) is 9.72 Å². The summed E-state index contributed by atoms with van der Waals surface area (Å²) in [6, 6.07) is 1.93. The maximum absolute atomic E-state index is 13.9. The number of amides is 1. The Balaban J connectivity index is 1.93. The van der Waals surface area contributed by atoms with Gasteiger partial charge in [0.1, 0.15) is 17.2 Å². The van der Waals surface area contributed by atoms with Gasteiger partial charge >= 0.3 is 5.97 Å². The molecule has 0 spiro atoms. The third-order valence-electron chi connectivity index (χ3n) is 5.86. The summed E-state index contributed by atoms with van der Waals surface area (Å²) in [6.45, 7) is 12.7. The fourth-order valence-corrected chi connectivity index (χ4v) is 4.73. The lowest BCUT2D eigenvalue weighted by Gasteiger charge is -2.38. The molecule has 1 saturated heterocycles. The van der Waals surface area contributed by atoms with Crippen molar-refractivity contribution in [1.82, 2.24) is 20.2 Å². The topological polar surface area (TPSA) is 96.5 Å². The molecule has 2 aromatic rings. The number of ether oxygens (including phenoxy) is 1. The lowest BCUT2D eigenvalue weighted by atomic mass is 9.93. The predicted octanol–water partition coefficient (Wildman–Crippen LogP) is 3.70. The summed E-state index contributed by atoms with van der Waals surface area (Å²) in [5, 5.41) is 10.8. The molecule has 34 heavy (non-hydrogen) atoms. The third-order valence-corrected chi connectivity index (χ3v) is 6.59. The fourth-order valence-electron chi connectivity index (χ4n) is 4.06. The van der Waals surface area contributed by atoms with Crippen LogP contribution in [-0.4, -0.2) is 59.5 Å². The van der Waals surface area contributed by atoms with Crippen molar-refractivity contribution in [2.24, 2.45) is 11.8 Å². The van der Waals surface area contributed by atoms with E-state index in [9.17, 15) is 9.59 Å². The van der Waals surface area contributed by atoms with Crippen LogP contribution in [0.1, 0.15) is 62.8 Å². The van der Waals surface area contributed by atoms with Crippen LogP contribution in [-0.2, 0) is 21.5 Å². The van der Waals surface area contributed by atoms with Gasteiger partial charge in [-0.1, -0.05) is 34.6 Å².